The summed E-state index contributed by atoms with van der Waals surface area (Å²) in [5, 5.41) is 6.02. The minimum atomic E-state index is -0.214. The van der Waals surface area contributed by atoms with Gasteiger partial charge in [-0.15, -0.1) is 0 Å². The van der Waals surface area contributed by atoms with Crippen LogP contribution in [0.15, 0.2) is 67.1 Å². The first-order valence-electron chi connectivity index (χ1n) is 7.79. The summed E-state index contributed by atoms with van der Waals surface area (Å²) >= 11 is 0. The Hall–Kier alpha value is -3.41. The smallest absolute Gasteiger partial charge is 0.257 e. The van der Waals surface area contributed by atoms with Gasteiger partial charge in [-0.2, -0.15) is 0 Å². The van der Waals surface area contributed by atoms with Crippen molar-refractivity contribution in [3.8, 4) is 5.75 Å². The first-order valence-corrected chi connectivity index (χ1v) is 7.79. The van der Waals surface area contributed by atoms with E-state index in [4.69, 9.17) is 4.74 Å². The second-order valence-electron chi connectivity index (χ2n) is 5.33. The molecule has 0 spiro atoms. The molecule has 0 aliphatic heterocycles. The molecule has 3 aromatic rings. The lowest BCUT2D eigenvalue weighted by Gasteiger charge is -2.08. The molecule has 6 heteroatoms. The number of ether oxygens (including phenoxy) is 1. The van der Waals surface area contributed by atoms with Gasteiger partial charge < -0.3 is 15.4 Å². The molecule has 1 aromatic carbocycles. The molecule has 0 fully saturated rings. The van der Waals surface area contributed by atoms with Crippen molar-refractivity contribution in [1.82, 2.24) is 9.97 Å². The van der Waals surface area contributed by atoms with Crippen molar-refractivity contribution < 1.29 is 9.53 Å². The van der Waals surface area contributed by atoms with Crippen LogP contribution in [0, 0.1) is 0 Å². The van der Waals surface area contributed by atoms with E-state index in [2.05, 4.69) is 20.6 Å². The van der Waals surface area contributed by atoms with E-state index in [-0.39, 0.29) is 5.91 Å². The number of rotatable bonds is 6. The van der Waals surface area contributed by atoms with Crippen LogP contribution in [-0.4, -0.2) is 23.0 Å². The largest absolute Gasteiger partial charge is 0.497 e. The molecular weight excluding hydrogens is 316 g/mol. The van der Waals surface area contributed by atoms with Gasteiger partial charge >= 0.3 is 0 Å². The van der Waals surface area contributed by atoms with Crippen LogP contribution < -0.4 is 15.4 Å². The Bertz CT molecular complexity index is 818. The Balaban J connectivity index is 1.55. The Kier molecular flexibility index (Phi) is 5.21. The second kappa shape index (κ2) is 7.92. The highest BCUT2D eigenvalue weighted by Gasteiger charge is 2.06. The number of nitrogens with one attached hydrogen (secondary N) is 2. The zero-order valence-corrected chi connectivity index (χ0v) is 13.8. The SMILES string of the molecule is COc1ccc(CNc2ccc(NC(=O)c3cccnc3)cn2)cc1. The highest BCUT2D eigenvalue weighted by molar-refractivity contribution is 6.03. The van der Waals surface area contributed by atoms with Gasteiger partial charge in [-0.1, -0.05) is 12.1 Å². The second-order valence-corrected chi connectivity index (χ2v) is 5.33. The van der Waals surface area contributed by atoms with E-state index in [9.17, 15) is 4.79 Å². The van der Waals surface area contributed by atoms with Gasteiger partial charge in [0, 0.05) is 18.9 Å². The van der Waals surface area contributed by atoms with Crippen LogP contribution in [0.3, 0.4) is 0 Å². The summed E-state index contributed by atoms with van der Waals surface area (Å²) < 4.78 is 5.14. The molecule has 2 N–H and O–H groups in total. The molecule has 2 heterocycles. The zero-order valence-electron chi connectivity index (χ0n) is 13.8. The Labute approximate surface area is 145 Å². The van der Waals surface area contributed by atoms with Crippen molar-refractivity contribution in [3.05, 3.63) is 78.2 Å². The lowest BCUT2D eigenvalue weighted by Crippen LogP contribution is -2.12. The Morgan fingerprint density at radius 2 is 1.92 bits per heavy atom. The van der Waals surface area contributed by atoms with Crippen LogP contribution in [0.1, 0.15) is 15.9 Å². The Morgan fingerprint density at radius 1 is 1.08 bits per heavy atom. The number of pyridine rings is 2. The minimum Gasteiger partial charge on any atom is -0.497 e. The maximum Gasteiger partial charge on any atom is 0.257 e. The van der Waals surface area contributed by atoms with Crippen LogP contribution in [0.5, 0.6) is 5.75 Å². The average Bonchev–Trinajstić information content (AvgIpc) is 2.68. The van der Waals surface area contributed by atoms with E-state index < -0.39 is 0 Å². The molecule has 0 aliphatic carbocycles. The van der Waals surface area contributed by atoms with Crippen molar-refractivity contribution in [2.24, 2.45) is 0 Å². The summed E-state index contributed by atoms with van der Waals surface area (Å²) in [4.78, 5) is 20.3. The number of aromatic nitrogens is 2. The topological polar surface area (TPSA) is 76.1 Å². The molecule has 25 heavy (non-hydrogen) atoms. The monoisotopic (exact) mass is 334 g/mol. The van der Waals surface area contributed by atoms with Crippen LogP contribution in [-0.2, 0) is 6.54 Å². The molecule has 0 radical (unpaired) electrons. The van der Waals surface area contributed by atoms with Crippen LogP contribution in [0.25, 0.3) is 0 Å². The number of carbonyl (C=O) groups excluding carboxylic acids is 1. The van der Waals surface area contributed by atoms with Crippen LogP contribution in [0.4, 0.5) is 11.5 Å². The molecule has 3 rings (SSSR count). The fourth-order valence-corrected chi connectivity index (χ4v) is 2.21. The average molecular weight is 334 g/mol. The molecular formula is C19H18N4O2. The predicted molar refractivity (Wildman–Crippen MR) is 96.7 cm³/mol. The van der Waals surface area contributed by atoms with Crippen LogP contribution in [0.2, 0.25) is 0 Å². The first kappa shape index (κ1) is 16.4. The summed E-state index contributed by atoms with van der Waals surface area (Å²) in [7, 11) is 1.64. The number of nitrogens with zero attached hydrogens (tertiary/aromatic N) is 2. The molecule has 6 nitrogen and oxygen atoms in total. The van der Waals surface area contributed by atoms with Gasteiger partial charge in [-0.25, -0.2) is 4.98 Å². The van der Waals surface area contributed by atoms with Crippen molar-refractivity contribution >= 4 is 17.4 Å². The normalized spacial score (nSPS) is 10.1. The van der Waals surface area contributed by atoms with Gasteiger partial charge in [0.2, 0.25) is 0 Å². The van der Waals surface area contributed by atoms with Gasteiger partial charge in [0.1, 0.15) is 11.6 Å². The number of carbonyl (C=O) groups is 1. The minimum absolute atomic E-state index is 0.214. The van der Waals surface area contributed by atoms with Gasteiger partial charge in [-0.3, -0.25) is 9.78 Å². The molecule has 0 bridgehead atoms. The number of hydrogen-bond donors (Lipinski definition) is 2. The summed E-state index contributed by atoms with van der Waals surface area (Å²) in [6.07, 6.45) is 4.76. The van der Waals surface area contributed by atoms with E-state index in [1.165, 1.54) is 6.20 Å². The lowest BCUT2D eigenvalue weighted by atomic mass is 10.2. The zero-order chi connectivity index (χ0) is 17.5. The highest BCUT2D eigenvalue weighted by atomic mass is 16.5. The molecule has 0 saturated carbocycles. The summed E-state index contributed by atoms with van der Waals surface area (Å²) in [6, 6.07) is 14.9. The van der Waals surface area contributed by atoms with Crippen LogP contribution >= 0.6 is 0 Å². The maximum atomic E-state index is 12.1. The van der Waals surface area contributed by atoms with E-state index in [0.29, 0.717) is 17.8 Å². The third-order valence-electron chi connectivity index (χ3n) is 3.58. The maximum absolute atomic E-state index is 12.1. The molecule has 1 amide bonds. The molecule has 126 valence electrons. The van der Waals surface area contributed by atoms with E-state index in [0.717, 1.165) is 17.1 Å². The summed E-state index contributed by atoms with van der Waals surface area (Å²) in [6.45, 7) is 0.651. The number of methoxy groups -OCH3 is 1. The molecule has 0 saturated heterocycles. The van der Waals surface area contributed by atoms with Gasteiger partial charge in [0.15, 0.2) is 0 Å². The molecule has 0 unspecified atom stereocenters. The van der Waals surface area contributed by atoms with Gasteiger partial charge in [0.05, 0.1) is 24.6 Å². The number of hydrogen-bond acceptors (Lipinski definition) is 5. The van der Waals surface area contributed by atoms with E-state index >= 15 is 0 Å². The fraction of sp³-hybridized carbons (Fsp3) is 0.105. The third-order valence-corrected chi connectivity index (χ3v) is 3.58. The molecule has 0 aliphatic rings. The number of benzene rings is 1. The number of amides is 1. The first-order chi connectivity index (χ1) is 12.2. The van der Waals surface area contributed by atoms with Crippen molar-refractivity contribution in [3.63, 3.8) is 0 Å². The van der Waals surface area contributed by atoms with E-state index in [1.807, 2.05) is 30.3 Å². The third kappa shape index (κ3) is 4.54. The molecule has 2 aromatic heterocycles. The molecule has 0 atom stereocenters. The Morgan fingerprint density at radius 3 is 2.56 bits per heavy atom. The predicted octanol–water partition coefficient (Wildman–Crippen LogP) is 3.35. The van der Waals surface area contributed by atoms with E-state index in [1.54, 1.807) is 37.7 Å². The van der Waals surface area contributed by atoms with Crippen molar-refractivity contribution in [2.75, 3.05) is 17.7 Å². The highest BCUT2D eigenvalue weighted by Crippen LogP contribution is 2.14. The summed E-state index contributed by atoms with van der Waals surface area (Å²) in [5.74, 6) is 1.35. The van der Waals surface area contributed by atoms with Gasteiger partial charge in [0.25, 0.3) is 5.91 Å². The van der Waals surface area contributed by atoms with Gasteiger partial charge in [-0.05, 0) is 42.0 Å². The lowest BCUT2D eigenvalue weighted by molar-refractivity contribution is 0.102. The fourth-order valence-electron chi connectivity index (χ4n) is 2.21. The standard InChI is InChI=1S/C19H18N4O2/c1-25-17-7-4-14(5-8-17)11-21-18-9-6-16(13-22-18)23-19(24)15-3-2-10-20-12-15/h2-10,12-13H,11H2,1H3,(H,21,22)(H,23,24). The summed E-state index contributed by atoms with van der Waals surface area (Å²) in [5.41, 5.74) is 2.25. The quantitative estimate of drug-likeness (QED) is 0.723. The number of anilines is 2. The van der Waals surface area contributed by atoms with Crippen molar-refractivity contribution in [1.29, 1.82) is 0 Å². The van der Waals surface area contributed by atoms with Crippen molar-refractivity contribution in [2.45, 2.75) is 6.54 Å².